The van der Waals surface area contributed by atoms with E-state index in [2.05, 4.69) is 10.1 Å². The average Bonchev–Trinajstić information content (AvgIpc) is 2.28. The second-order valence-electron chi connectivity index (χ2n) is 3.89. The van der Waals surface area contributed by atoms with Crippen molar-refractivity contribution in [2.45, 2.75) is 12.5 Å². The number of carbonyl (C=O) groups excluding carboxylic acids is 1. The monoisotopic (exact) mass is 237 g/mol. The molecule has 1 atom stereocenters. The fraction of sp³-hybridized carbons (Fsp3) is 0.417. The number of hydrogen-bond acceptors (Lipinski definition) is 5. The Morgan fingerprint density at radius 2 is 2.41 bits per heavy atom. The van der Waals surface area contributed by atoms with Gasteiger partial charge in [-0.2, -0.15) is 0 Å². The molecule has 0 unspecified atom stereocenters. The molecule has 1 aromatic carbocycles. The van der Waals surface area contributed by atoms with E-state index in [1.807, 2.05) is 0 Å². The molecule has 0 bridgehead atoms. The van der Waals surface area contributed by atoms with Crippen molar-refractivity contribution in [1.29, 1.82) is 0 Å². The molecule has 1 heterocycles. The van der Waals surface area contributed by atoms with Gasteiger partial charge in [-0.15, -0.1) is 0 Å². The topological polar surface area (TPSA) is 67.8 Å². The van der Waals surface area contributed by atoms with Crippen LogP contribution in [0.5, 0.6) is 5.75 Å². The summed E-state index contributed by atoms with van der Waals surface area (Å²) in [6.45, 7) is 1.42. The van der Waals surface area contributed by atoms with Gasteiger partial charge in [-0.05, 0) is 24.6 Å². The van der Waals surface area contributed by atoms with E-state index in [1.165, 1.54) is 19.2 Å². The fourth-order valence-electron chi connectivity index (χ4n) is 1.59. The Bertz CT molecular complexity index is 415. The van der Waals surface area contributed by atoms with Crippen LogP contribution in [0.4, 0.5) is 5.69 Å². The highest BCUT2D eigenvalue weighted by molar-refractivity contribution is 5.91. The Hall–Kier alpha value is -1.75. The van der Waals surface area contributed by atoms with Crippen LogP contribution in [0.1, 0.15) is 16.8 Å². The van der Waals surface area contributed by atoms with Crippen LogP contribution < -0.4 is 5.32 Å². The van der Waals surface area contributed by atoms with Crippen molar-refractivity contribution >= 4 is 11.7 Å². The summed E-state index contributed by atoms with van der Waals surface area (Å²) in [4.78, 5) is 11.3. The number of nitrogens with one attached hydrogen (secondary N) is 1. The third kappa shape index (κ3) is 2.68. The van der Waals surface area contributed by atoms with Crippen LogP contribution in [0.15, 0.2) is 18.2 Å². The van der Waals surface area contributed by atoms with Gasteiger partial charge in [0, 0.05) is 13.2 Å². The van der Waals surface area contributed by atoms with Gasteiger partial charge < -0.3 is 19.9 Å². The first-order chi connectivity index (χ1) is 8.20. The van der Waals surface area contributed by atoms with Crippen LogP contribution in [-0.2, 0) is 9.47 Å². The molecule has 0 aromatic heterocycles. The zero-order valence-electron chi connectivity index (χ0n) is 9.60. The number of phenolic OH excluding ortho intramolecular Hbond substituents is 1. The molecule has 0 saturated carbocycles. The SMILES string of the molecule is COC(=O)c1ccc(O)c(NC[C@@H]2CCO2)c1. The molecule has 17 heavy (non-hydrogen) atoms. The molecule has 2 rings (SSSR count). The first-order valence-corrected chi connectivity index (χ1v) is 5.47. The van der Waals surface area contributed by atoms with Gasteiger partial charge in [0.1, 0.15) is 5.75 Å². The number of ether oxygens (including phenoxy) is 2. The molecule has 1 aromatic rings. The second-order valence-corrected chi connectivity index (χ2v) is 3.89. The molecular weight excluding hydrogens is 222 g/mol. The van der Waals surface area contributed by atoms with Gasteiger partial charge in [0.05, 0.1) is 24.5 Å². The standard InChI is InChI=1S/C12H15NO4/c1-16-12(15)8-2-3-11(14)10(6-8)13-7-9-4-5-17-9/h2-3,6,9,13-14H,4-5,7H2,1H3/t9-/m0/s1. The van der Waals surface area contributed by atoms with Crippen molar-refractivity contribution in [1.82, 2.24) is 0 Å². The molecule has 2 N–H and O–H groups in total. The number of phenols is 1. The maximum absolute atomic E-state index is 11.3. The van der Waals surface area contributed by atoms with Crippen molar-refractivity contribution in [3.8, 4) is 5.75 Å². The summed E-state index contributed by atoms with van der Waals surface area (Å²) in [6, 6.07) is 4.56. The van der Waals surface area contributed by atoms with Crippen LogP contribution in [0, 0.1) is 0 Å². The Kier molecular flexibility index (Phi) is 3.49. The molecule has 0 amide bonds. The largest absolute Gasteiger partial charge is 0.506 e. The molecule has 92 valence electrons. The Balaban J connectivity index is 2.05. The predicted octanol–water partition coefficient (Wildman–Crippen LogP) is 1.38. The van der Waals surface area contributed by atoms with Crippen molar-refractivity contribution in [2.75, 3.05) is 25.6 Å². The Morgan fingerprint density at radius 3 is 3.00 bits per heavy atom. The molecule has 1 aliphatic rings. The summed E-state index contributed by atoms with van der Waals surface area (Å²) in [6.07, 6.45) is 1.21. The minimum absolute atomic E-state index is 0.108. The Labute approximate surface area is 99.3 Å². The lowest BCUT2D eigenvalue weighted by Crippen LogP contribution is -2.33. The van der Waals surface area contributed by atoms with Gasteiger partial charge in [-0.1, -0.05) is 0 Å². The van der Waals surface area contributed by atoms with Crippen LogP contribution in [0.25, 0.3) is 0 Å². The smallest absolute Gasteiger partial charge is 0.337 e. The van der Waals surface area contributed by atoms with Crippen LogP contribution in [-0.4, -0.2) is 37.4 Å². The number of benzene rings is 1. The van der Waals surface area contributed by atoms with E-state index < -0.39 is 5.97 Å². The first-order valence-electron chi connectivity index (χ1n) is 5.47. The van der Waals surface area contributed by atoms with Gasteiger partial charge in [-0.3, -0.25) is 0 Å². The highest BCUT2D eigenvalue weighted by Gasteiger charge is 2.18. The van der Waals surface area contributed by atoms with E-state index in [1.54, 1.807) is 6.07 Å². The van der Waals surface area contributed by atoms with E-state index >= 15 is 0 Å². The lowest BCUT2D eigenvalue weighted by Gasteiger charge is -2.27. The predicted molar refractivity (Wildman–Crippen MR) is 62.3 cm³/mol. The van der Waals surface area contributed by atoms with Crippen LogP contribution in [0.2, 0.25) is 0 Å². The molecule has 1 saturated heterocycles. The van der Waals surface area contributed by atoms with Crippen molar-refractivity contribution in [3.63, 3.8) is 0 Å². The molecule has 0 radical (unpaired) electrons. The molecular formula is C12H15NO4. The summed E-state index contributed by atoms with van der Waals surface area (Å²) in [7, 11) is 1.32. The van der Waals surface area contributed by atoms with Gasteiger partial charge >= 0.3 is 5.97 Å². The average molecular weight is 237 g/mol. The highest BCUT2D eigenvalue weighted by Crippen LogP contribution is 2.25. The minimum atomic E-state index is -0.423. The molecule has 0 spiro atoms. The number of aromatic hydroxyl groups is 1. The summed E-state index contributed by atoms with van der Waals surface area (Å²) in [5, 5.41) is 12.7. The third-order valence-corrected chi connectivity index (χ3v) is 2.73. The quantitative estimate of drug-likeness (QED) is 0.611. The normalized spacial score (nSPS) is 18.3. The second kappa shape index (κ2) is 5.05. The number of rotatable bonds is 4. The van der Waals surface area contributed by atoms with Crippen molar-refractivity contribution in [2.24, 2.45) is 0 Å². The third-order valence-electron chi connectivity index (χ3n) is 2.73. The highest BCUT2D eigenvalue weighted by atomic mass is 16.5. The maximum Gasteiger partial charge on any atom is 0.337 e. The molecule has 1 fully saturated rings. The zero-order valence-corrected chi connectivity index (χ0v) is 9.60. The fourth-order valence-corrected chi connectivity index (χ4v) is 1.59. The van der Waals surface area contributed by atoms with Gasteiger partial charge in [-0.25, -0.2) is 4.79 Å². The van der Waals surface area contributed by atoms with Gasteiger partial charge in [0.2, 0.25) is 0 Å². The van der Waals surface area contributed by atoms with E-state index in [-0.39, 0.29) is 11.9 Å². The van der Waals surface area contributed by atoms with E-state index in [0.717, 1.165) is 13.0 Å². The number of esters is 1. The number of anilines is 1. The molecule has 1 aliphatic heterocycles. The van der Waals surface area contributed by atoms with E-state index in [9.17, 15) is 9.90 Å². The van der Waals surface area contributed by atoms with E-state index in [0.29, 0.717) is 17.8 Å². The number of methoxy groups -OCH3 is 1. The lowest BCUT2D eigenvalue weighted by molar-refractivity contribution is -0.0410. The lowest BCUT2D eigenvalue weighted by atomic mass is 10.1. The van der Waals surface area contributed by atoms with Crippen LogP contribution in [0.3, 0.4) is 0 Å². The van der Waals surface area contributed by atoms with Gasteiger partial charge in [0.25, 0.3) is 0 Å². The Morgan fingerprint density at radius 1 is 1.65 bits per heavy atom. The molecule has 0 aliphatic carbocycles. The van der Waals surface area contributed by atoms with Gasteiger partial charge in [0.15, 0.2) is 0 Å². The van der Waals surface area contributed by atoms with E-state index in [4.69, 9.17) is 4.74 Å². The number of carbonyl (C=O) groups is 1. The molecule has 5 heteroatoms. The summed E-state index contributed by atoms with van der Waals surface area (Å²) >= 11 is 0. The van der Waals surface area contributed by atoms with Crippen molar-refractivity contribution < 1.29 is 19.4 Å². The summed E-state index contributed by atoms with van der Waals surface area (Å²) in [5.41, 5.74) is 0.922. The zero-order chi connectivity index (χ0) is 12.3. The maximum atomic E-state index is 11.3. The minimum Gasteiger partial charge on any atom is -0.506 e. The van der Waals surface area contributed by atoms with Crippen molar-refractivity contribution in [3.05, 3.63) is 23.8 Å². The first kappa shape index (κ1) is 11.7. The van der Waals surface area contributed by atoms with Crippen LogP contribution >= 0.6 is 0 Å². The summed E-state index contributed by atoms with van der Waals surface area (Å²) in [5.74, 6) is -0.315. The number of hydrogen-bond donors (Lipinski definition) is 2. The summed E-state index contributed by atoms with van der Waals surface area (Å²) < 4.78 is 9.87. The molecule has 5 nitrogen and oxygen atoms in total.